The van der Waals surface area contributed by atoms with Gasteiger partial charge in [-0.15, -0.1) is 0 Å². The minimum Gasteiger partial charge on any atom is -0.316 e. The summed E-state index contributed by atoms with van der Waals surface area (Å²) in [5.74, 6) is 0. The van der Waals surface area contributed by atoms with Crippen LogP contribution in [-0.2, 0) is 6.54 Å². The van der Waals surface area contributed by atoms with Crippen molar-refractivity contribution < 1.29 is 0 Å². The Labute approximate surface area is 116 Å². The van der Waals surface area contributed by atoms with E-state index in [0.717, 1.165) is 22.6 Å². The van der Waals surface area contributed by atoms with Gasteiger partial charge in [0.05, 0.1) is 5.02 Å². The van der Waals surface area contributed by atoms with E-state index < -0.39 is 0 Å². The minimum absolute atomic E-state index is 0.638. The third-order valence-corrected chi connectivity index (χ3v) is 4.52. The van der Waals surface area contributed by atoms with Crippen molar-refractivity contribution in [3.8, 4) is 0 Å². The fourth-order valence-corrected chi connectivity index (χ4v) is 2.87. The molecule has 0 bridgehead atoms. The first-order chi connectivity index (χ1) is 8.19. The molecule has 94 valence electrons. The van der Waals surface area contributed by atoms with E-state index >= 15 is 0 Å². The fraction of sp³-hybridized carbons (Fsp3) is 0.538. The van der Waals surface area contributed by atoms with E-state index in [1.165, 1.54) is 24.9 Å². The van der Waals surface area contributed by atoms with Gasteiger partial charge in [0.15, 0.2) is 0 Å². The maximum absolute atomic E-state index is 6.00. The summed E-state index contributed by atoms with van der Waals surface area (Å²) in [6.07, 6.45) is 2.57. The minimum atomic E-state index is 0.638. The van der Waals surface area contributed by atoms with Gasteiger partial charge >= 0.3 is 0 Å². The summed E-state index contributed by atoms with van der Waals surface area (Å²) in [5.41, 5.74) is 1.32. The molecular weight excluding hydrogens is 300 g/mol. The first kappa shape index (κ1) is 13.3. The quantitative estimate of drug-likeness (QED) is 0.920. The van der Waals surface area contributed by atoms with Crippen molar-refractivity contribution in [3.05, 3.63) is 33.3 Å². The topological polar surface area (TPSA) is 15.3 Å². The second kappa shape index (κ2) is 6.19. The third kappa shape index (κ3) is 3.68. The van der Waals surface area contributed by atoms with E-state index in [-0.39, 0.29) is 0 Å². The smallest absolute Gasteiger partial charge is 0.0548 e. The van der Waals surface area contributed by atoms with E-state index in [4.69, 9.17) is 11.6 Å². The molecule has 1 aromatic carbocycles. The van der Waals surface area contributed by atoms with Crippen molar-refractivity contribution in [1.29, 1.82) is 0 Å². The van der Waals surface area contributed by atoms with Crippen LogP contribution in [0.2, 0.25) is 5.02 Å². The molecule has 2 nitrogen and oxygen atoms in total. The average molecular weight is 318 g/mol. The SMILES string of the molecule is CNC1CCCN(Cc2ccc(Cl)c(Br)c2)C1. The molecule has 0 saturated carbocycles. The summed E-state index contributed by atoms with van der Waals surface area (Å²) in [5, 5.41) is 4.15. The van der Waals surface area contributed by atoms with Crippen molar-refractivity contribution in [2.75, 3.05) is 20.1 Å². The summed E-state index contributed by atoms with van der Waals surface area (Å²) in [6, 6.07) is 6.82. The number of hydrogen-bond donors (Lipinski definition) is 1. The first-order valence-electron chi connectivity index (χ1n) is 6.02. The number of likely N-dealkylation sites (N-methyl/N-ethyl adjacent to an activating group) is 1. The Balaban J connectivity index is 1.97. The lowest BCUT2D eigenvalue weighted by Crippen LogP contribution is -2.43. The highest BCUT2D eigenvalue weighted by molar-refractivity contribution is 9.10. The van der Waals surface area contributed by atoms with Gasteiger partial charge in [-0.3, -0.25) is 4.90 Å². The second-order valence-electron chi connectivity index (χ2n) is 4.61. The monoisotopic (exact) mass is 316 g/mol. The van der Waals surface area contributed by atoms with Crippen LogP contribution >= 0.6 is 27.5 Å². The van der Waals surface area contributed by atoms with Gasteiger partial charge in [-0.2, -0.15) is 0 Å². The van der Waals surface area contributed by atoms with Crippen molar-refractivity contribution in [2.24, 2.45) is 0 Å². The molecule has 0 amide bonds. The molecule has 2 rings (SSSR count). The molecule has 0 radical (unpaired) electrons. The van der Waals surface area contributed by atoms with Gasteiger partial charge in [-0.1, -0.05) is 17.7 Å². The van der Waals surface area contributed by atoms with Crippen LogP contribution in [0.4, 0.5) is 0 Å². The molecular formula is C13H18BrClN2. The molecule has 1 fully saturated rings. The lowest BCUT2D eigenvalue weighted by molar-refractivity contribution is 0.188. The summed E-state index contributed by atoms with van der Waals surface area (Å²) in [7, 11) is 2.05. The number of piperidine rings is 1. The second-order valence-corrected chi connectivity index (χ2v) is 5.87. The number of hydrogen-bond acceptors (Lipinski definition) is 2. The summed E-state index contributed by atoms with van der Waals surface area (Å²) in [4.78, 5) is 2.50. The van der Waals surface area contributed by atoms with Gasteiger partial charge in [0, 0.05) is 23.6 Å². The van der Waals surface area contributed by atoms with Crippen molar-refractivity contribution >= 4 is 27.5 Å². The van der Waals surface area contributed by atoms with Crippen LogP contribution in [0.1, 0.15) is 18.4 Å². The van der Waals surface area contributed by atoms with E-state index in [0.29, 0.717) is 6.04 Å². The van der Waals surface area contributed by atoms with Crippen molar-refractivity contribution in [1.82, 2.24) is 10.2 Å². The summed E-state index contributed by atoms with van der Waals surface area (Å²) in [6.45, 7) is 3.34. The average Bonchev–Trinajstić information content (AvgIpc) is 2.34. The zero-order valence-corrected chi connectivity index (χ0v) is 12.4. The fourth-order valence-electron chi connectivity index (χ4n) is 2.33. The molecule has 1 atom stereocenters. The van der Waals surface area contributed by atoms with Gasteiger partial charge < -0.3 is 5.32 Å². The number of likely N-dealkylation sites (tertiary alicyclic amines) is 1. The molecule has 1 saturated heterocycles. The highest BCUT2D eigenvalue weighted by Gasteiger charge is 2.18. The molecule has 0 spiro atoms. The van der Waals surface area contributed by atoms with Crippen LogP contribution in [0.3, 0.4) is 0 Å². The standard InChI is InChI=1S/C13H18BrClN2/c1-16-11-3-2-6-17(9-11)8-10-4-5-13(15)12(14)7-10/h4-5,7,11,16H,2-3,6,8-9H2,1H3. The van der Waals surface area contributed by atoms with Gasteiger partial charge in [0.1, 0.15) is 0 Å². The molecule has 1 N–H and O–H groups in total. The maximum atomic E-state index is 6.00. The van der Waals surface area contributed by atoms with Crippen molar-refractivity contribution in [2.45, 2.75) is 25.4 Å². The normalized spacial score (nSPS) is 21.7. The first-order valence-corrected chi connectivity index (χ1v) is 7.19. The van der Waals surface area contributed by atoms with E-state index in [1.54, 1.807) is 0 Å². The number of nitrogens with zero attached hydrogens (tertiary/aromatic N) is 1. The van der Waals surface area contributed by atoms with E-state index in [1.807, 2.05) is 13.1 Å². The molecule has 4 heteroatoms. The lowest BCUT2D eigenvalue weighted by atomic mass is 10.1. The number of nitrogens with one attached hydrogen (secondary N) is 1. The summed E-state index contributed by atoms with van der Waals surface area (Å²) >= 11 is 9.47. The Morgan fingerprint density at radius 3 is 3.06 bits per heavy atom. The van der Waals surface area contributed by atoms with Crippen LogP contribution in [-0.4, -0.2) is 31.1 Å². The molecule has 1 unspecified atom stereocenters. The van der Waals surface area contributed by atoms with E-state index in [2.05, 4.69) is 38.3 Å². The van der Waals surface area contributed by atoms with Crippen LogP contribution in [0.15, 0.2) is 22.7 Å². The van der Waals surface area contributed by atoms with Crippen molar-refractivity contribution in [3.63, 3.8) is 0 Å². The molecule has 1 heterocycles. The van der Waals surface area contributed by atoms with Gasteiger partial charge in [0.25, 0.3) is 0 Å². The highest BCUT2D eigenvalue weighted by Crippen LogP contribution is 2.24. The molecule has 0 aliphatic carbocycles. The number of rotatable bonds is 3. The molecule has 0 aromatic heterocycles. The molecule has 1 aromatic rings. The molecule has 1 aliphatic heterocycles. The Kier molecular flexibility index (Phi) is 4.86. The maximum Gasteiger partial charge on any atom is 0.0548 e. The Morgan fingerprint density at radius 1 is 1.53 bits per heavy atom. The number of halogens is 2. The van der Waals surface area contributed by atoms with Crippen LogP contribution < -0.4 is 5.32 Å². The highest BCUT2D eigenvalue weighted by atomic mass is 79.9. The summed E-state index contributed by atoms with van der Waals surface area (Å²) < 4.78 is 0.985. The Hall–Kier alpha value is -0.0900. The predicted molar refractivity (Wildman–Crippen MR) is 76.5 cm³/mol. The largest absolute Gasteiger partial charge is 0.316 e. The van der Waals surface area contributed by atoms with Gasteiger partial charge in [-0.25, -0.2) is 0 Å². The van der Waals surface area contributed by atoms with Crippen LogP contribution in [0, 0.1) is 0 Å². The third-order valence-electron chi connectivity index (χ3n) is 3.30. The van der Waals surface area contributed by atoms with Crippen LogP contribution in [0.5, 0.6) is 0 Å². The molecule has 1 aliphatic rings. The van der Waals surface area contributed by atoms with Crippen LogP contribution in [0.25, 0.3) is 0 Å². The van der Waals surface area contributed by atoms with E-state index in [9.17, 15) is 0 Å². The Morgan fingerprint density at radius 2 is 2.35 bits per heavy atom. The Bertz CT molecular complexity index is 384. The zero-order valence-electron chi connectivity index (χ0n) is 10.0. The number of benzene rings is 1. The van der Waals surface area contributed by atoms with Gasteiger partial charge in [-0.05, 0) is 60.1 Å². The lowest BCUT2D eigenvalue weighted by Gasteiger charge is -2.32. The predicted octanol–water partition coefficient (Wildman–Crippen LogP) is 3.29. The zero-order chi connectivity index (χ0) is 12.3. The van der Waals surface area contributed by atoms with Gasteiger partial charge in [0.2, 0.25) is 0 Å². The molecule has 17 heavy (non-hydrogen) atoms.